The zero-order valence-corrected chi connectivity index (χ0v) is 17.8. The lowest BCUT2D eigenvalue weighted by Crippen LogP contribution is -2.34. The molecule has 146 valence electrons. The van der Waals surface area contributed by atoms with Gasteiger partial charge in [-0.05, 0) is 78.3 Å². The van der Waals surface area contributed by atoms with Crippen molar-refractivity contribution < 1.29 is 9.72 Å². The van der Waals surface area contributed by atoms with Gasteiger partial charge in [0.2, 0.25) is 0 Å². The zero-order valence-electron chi connectivity index (χ0n) is 14.9. The van der Waals surface area contributed by atoms with E-state index in [1.807, 2.05) is 11.0 Å². The molecule has 0 atom stereocenters. The summed E-state index contributed by atoms with van der Waals surface area (Å²) in [6.07, 6.45) is 4.80. The van der Waals surface area contributed by atoms with Gasteiger partial charge in [0.25, 0.3) is 11.6 Å². The van der Waals surface area contributed by atoms with Gasteiger partial charge in [-0.25, -0.2) is 4.98 Å². The Balaban J connectivity index is 1.72. The first-order chi connectivity index (χ1) is 13.4. The van der Waals surface area contributed by atoms with E-state index in [4.69, 9.17) is 12.2 Å². The van der Waals surface area contributed by atoms with E-state index in [1.54, 1.807) is 24.4 Å². The third-order valence-corrected chi connectivity index (χ3v) is 5.17. The van der Waals surface area contributed by atoms with Crippen LogP contribution in [0.25, 0.3) is 0 Å². The van der Waals surface area contributed by atoms with Crippen molar-refractivity contribution in [3.05, 3.63) is 55.8 Å². The molecule has 0 saturated carbocycles. The fraction of sp³-hybridized carbons (Fsp3) is 0.278. The number of benzene rings is 1. The van der Waals surface area contributed by atoms with E-state index in [0.717, 1.165) is 35.9 Å². The maximum Gasteiger partial charge on any atom is 0.293 e. The van der Waals surface area contributed by atoms with Crippen molar-refractivity contribution in [1.82, 2.24) is 10.3 Å². The van der Waals surface area contributed by atoms with Gasteiger partial charge in [-0.3, -0.25) is 20.2 Å². The van der Waals surface area contributed by atoms with E-state index in [-0.39, 0.29) is 16.4 Å². The summed E-state index contributed by atoms with van der Waals surface area (Å²) < 4.78 is 0.971. The molecule has 28 heavy (non-hydrogen) atoms. The SMILES string of the molecule is O=C(NC(=S)Nc1ccc(I)cn1)c1ccc(N2CCCCC2)c([N+](=O)[O-])c1. The lowest BCUT2D eigenvalue weighted by molar-refractivity contribution is -0.384. The van der Waals surface area contributed by atoms with Crippen LogP contribution in [0, 0.1) is 13.7 Å². The quantitative estimate of drug-likeness (QED) is 0.280. The van der Waals surface area contributed by atoms with Crippen molar-refractivity contribution in [1.29, 1.82) is 0 Å². The minimum absolute atomic E-state index is 0.0708. The van der Waals surface area contributed by atoms with Gasteiger partial charge in [0.15, 0.2) is 5.11 Å². The number of thiocarbonyl (C=S) groups is 1. The number of anilines is 2. The minimum atomic E-state index is -0.517. The molecule has 3 rings (SSSR count). The first kappa shape index (κ1) is 20.4. The molecule has 0 bridgehead atoms. The summed E-state index contributed by atoms with van der Waals surface area (Å²) >= 11 is 7.26. The highest BCUT2D eigenvalue weighted by Crippen LogP contribution is 2.31. The van der Waals surface area contributed by atoms with Gasteiger partial charge in [0, 0.05) is 34.5 Å². The average molecular weight is 511 g/mol. The van der Waals surface area contributed by atoms with Crippen LogP contribution in [0.4, 0.5) is 17.2 Å². The summed E-state index contributed by atoms with van der Waals surface area (Å²) in [6.45, 7) is 1.56. The number of halogens is 1. The molecule has 0 spiro atoms. The summed E-state index contributed by atoms with van der Waals surface area (Å²) in [5.74, 6) is -0.0200. The number of piperidine rings is 1. The standard InChI is InChI=1S/C18H18IN5O3S/c19-13-5-7-16(20-11-13)21-18(28)22-17(25)12-4-6-14(15(10-12)24(26)27)23-8-2-1-3-9-23/h4-7,10-11H,1-3,8-9H2,(H2,20,21,22,25,28). The molecule has 10 heteroatoms. The van der Waals surface area contributed by atoms with Gasteiger partial charge < -0.3 is 10.2 Å². The predicted octanol–water partition coefficient (Wildman–Crippen LogP) is 3.71. The van der Waals surface area contributed by atoms with Crippen LogP contribution >= 0.6 is 34.8 Å². The van der Waals surface area contributed by atoms with Crippen molar-refractivity contribution in [2.45, 2.75) is 19.3 Å². The normalized spacial score (nSPS) is 13.7. The third-order valence-electron chi connectivity index (χ3n) is 4.33. The number of aromatic nitrogens is 1. The van der Waals surface area contributed by atoms with Crippen molar-refractivity contribution >= 4 is 63.0 Å². The highest BCUT2D eigenvalue weighted by molar-refractivity contribution is 14.1. The summed E-state index contributed by atoms with van der Waals surface area (Å²) in [4.78, 5) is 29.7. The lowest BCUT2D eigenvalue weighted by atomic mass is 10.1. The second-order valence-electron chi connectivity index (χ2n) is 6.28. The Morgan fingerprint density at radius 1 is 1.21 bits per heavy atom. The van der Waals surface area contributed by atoms with Crippen LogP contribution in [0.2, 0.25) is 0 Å². The fourth-order valence-corrected chi connectivity index (χ4v) is 3.50. The summed E-state index contributed by atoms with van der Waals surface area (Å²) in [6, 6.07) is 8.10. The molecule has 1 aliphatic heterocycles. The van der Waals surface area contributed by atoms with E-state index >= 15 is 0 Å². The van der Waals surface area contributed by atoms with Crippen LogP contribution in [0.1, 0.15) is 29.6 Å². The van der Waals surface area contributed by atoms with E-state index in [0.29, 0.717) is 11.5 Å². The Hall–Kier alpha value is -2.34. The molecule has 8 nitrogen and oxygen atoms in total. The first-order valence-corrected chi connectivity index (χ1v) is 10.2. The van der Waals surface area contributed by atoms with Gasteiger partial charge in [-0.1, -0.05) is 0 Å². The minimum Gasteiger partial charge on any atom is -0.366 e. The van der Waals surface area contributed by atoms with Gasteiger partial charge in [-0.15, -0.1) is 0 Å². The molecule has 2 heterocycles. The number of nitrogens with one attached hydrogen (secondary N) is 2. The Labute approximate surface area is 181 Å². The van der Waals surface area contributed by atoms with Gasteiger partial charge in [-0.2, -0.15) is 0 Å². The van der Waals surface area contributed by atoms with Crippen molar-refractivity contribution in [2.75, 3.05) is 23.3 Å². The van der Waals surface area contributed by atoms with Crippen LogP contribution in [-0.4, -0.2) is 34.0 Å². The predicted molar refractivity (Wildman–Crippen MR) is 120 cm³/mol. The highest BCUT2D eigenvalue weighted by atomic mass is 127. The van der Waals surface area contributed by atoms with Crippen molar-refractivity contribution in [3.63, 3.8) is 0 Å². The number of hydrogen-bond donors (Lipinski definition) is 2. The second kappa shape index (κ2) is 9.24. The van der Waals surface area contributed by atoms with Crippen LogP contribution in [0.15, 0.2) is 36.5 Å². The number of carbonyl (C=O) groups excluding carboxylic acids is 1. The molecular formula is C18H18IN5O3S. The molecule has 2 N–H and O–H groups in total. The third kappa shape index (κ3) is 5.13. The summed E-state index contributed by atoms with van der Waals surface area (Å²) in [7, 11) is 0. The Kier molecular flexibility index (Phi) is 6.73. The molecule has 0 unspecified atom stereocenters. The number of nitro groups is 1. The molecule has 1 aliphatic rings. The Morgan fingerprint density at radius 3 is 2.61 bits per heavy atom. The number of rotatable bonds is 4. The number of pyridine rings is 1. The van der Waals surface area contributed by atoms with Crippen LogP contribution in [0.5, 0.6) is 0 Å². The van der Waals surface area contributed by atoms with Crippen molar-refractivity contribution in [3.8, 4) is 0 Å². The number of carbonyl (C=O) groups is 1. The van der Waals surface area contributed by atoms with E-state index < -0.39 is 10.8 Å². The molecule has 2 aromatic rings. The topological polar surface area (TPSA) is 100 Å². The largest absolute Gasteiger partial charge is 0.366 e. The first-order valence-electron chi connectivity index (χ1n) is 8.71. The smallest absolute Gasteiger partial charge is 0.293 e. The van der Waals surface area contributed by atoms with Crippen LogP contribution in [-0.2, 0) is 0 Å². The number of amides is 1. The van der Waals surface area contributed by atoms with Gasteiger partial charge in [0.05, 0.1) is 4.92 Å². The molecular weight excluding hydrogens is 493 g/mol. The molecule has 1 aromatic heterocycles. The van der Waals surface area contributed by atoms with Crippen LogP contribution < -0.4 is 15.5 Å². The molecule has 1 amide bonds. The highest BCUT2D eigenvalue weighted by Gasteiger charge is 2.23. The molecule has 0 radical (unpaired) electrons. The number of nitrogens with zero attached hydrogens (tertiary/aromatic N) is 3. The van der Waals surface area contributed by atoms with Crippen molar-refractivity contribution in [2.24, 2.45) is 0 Å². The van der Waals surface area contributed by atoms with E-state index in [9.17, 15) is 14.9 Å². The summed E-state index contributed by atoms with van der Waals surface area (Å²) in [5, 5.41) is 16.9. The maximum absolute atomic E-state index is 12.5. The molecule has 1 fully saturated rings. The molecule has 0 aliphatic carbocycles. The van der Waals surface area contributed by atoms with Crippen LogP contribution in [0.3, 0.4) is 0 Å². The number of hydrogen-bond acceptors (Lipinski definition) is 6. The van der Waals surface area contributed by atoms with Gasteiger partial charge in [0.1, 0.15) is 11.5 Å². The molecule has 1 saturated heterocycles. The monoisotopic (exact) mass is 511 g/mol. The average Bonchev–Trinajstić information content (AvgIpc) is 2.69. The summed E-state index contributed by atoms with van der Waals surface area (Å²) in [5.41, 5.74) is 0.643. The van der Waals surface area contributed by atoms with E-state index in [2.05, 4.69) is 38.2 Å². The zero-order chi connectivity index (χ0) is 20.1. The van der Waals surface area contributed by atoms with E-state index in [1.165, 1.54) is 6.07 Å². The molecule has 1 aromatic carbocycles. The maximum atomic E-state index is 12.5. The van der Waals surface area contributed by atoms with Gasteiger partial charge >= 0.3 is 0 Å². The fourth-order valence-electron chi connectivity index (χ4n) is 2.99. The number of nitro benzene ring substituents is 1. The second-order valence-corrected chi connectivity index (χ2v) is 7.93. The Bertz CT molecular complexity index is 901. The Morgan fingerprint density at radius 2 is 1.96 bits per heavy atom. The lowest BCUT2D eigenvalue weighted by Gasteiger charge is -2.28.